The van der Waals surface area contributed by atoms with Gasteiger partial charge in [0.25, 0.3) is 0 Å². The third-order valence-corrected chi connectivity index (χ3v) is 9.73. The lowest BCUT2D eigenvalue weighted by molar-refractivity contribution is 0.591. The van der Waals surface area contributed by atoms with Crippen LogP contribution in [0, 0.1) is 11.3 Å². The minimum Gasteiger partial charge on any atom is -0.309 e. The van der Waals surface area contributed by atoms with Crippen LogP contribution in [0.15, 0.2) is 121 Å². The number of aromatic nitrogens is 3. The van der Waals surface area contributed by atoms with Crippen LogP contribution in [-0.4, -0.2) is 14.1 Å². The lowest BCUT2D eigenvalue weighted by Crippen LogP contribution is -2.10. The highest BCUT2D eigenvalue weighted by Crippen LogP contribution is 2.41. The van der Waals surface area contributed by atoms with E-state index in [0.29, 0.717) is 5.56 Å². The van der Waals surface area contributed by atoms with E-state index >= 15 is 0 Å². The summed E-state index contributed by atoms with van der Waals surface area (Å²) in [5, 5.41) is 15.0. The Morgan fingerprint density at radius 3 is 1.54 bits per heavy atom. The van der Waals surface area contributed by atoms with Gasteiger partial charge < -0.3 is 9.13 Å². The molecule has 0 radical (unpaired) electrons. The normalized spacial score (nSPS) is 12.0. The largest absolute Gasteiger partial charge is 0.309 e. The molecule has 0 saturated heterocycles. The molecule has 4 heteroatoms. The second-order valence-corrected chi connectivity index (χ2v) is 14.9. The van der Waals surface area contributed by atoms with Crippen molar-refractivity contribution in [3.8, 4) is 28.7 Å². The Morgan fingerprint density at radius 1 is 0.520 bits per heavy atom. The zero-order valence-electron chi connectivity index (χ0n) is 30.3. The van der Waals surface area contributed by atoms with Crippen LogP contribution in [0.5, 0.6) is 0 Å². The van der Waals surface area contributed by atoms with Crippen LogP contribution in [0.1, 0.15) is 72.1 Å². The Labute approximate surface area is 295 Å². The number of para-hydroxylation sites is 2. The molecule has 0 saturated carbocycles. The fourth-order valence-electron chi connectivity index (χ4n) is 7.17. The van der Waals surface area contributed by atoms with Crippen molar-refractivity contribution in [3.63, 3.8) is 0 Å². The molecule has 0 amide bonds. The molecule has 3 aromatic heterocycles. The van der Waals surface area contributed by atoms with Gasteiger partial charge in [-0.15, -0.1) is 0 Å². The van der Waals surface area contributed by atoms with Crippen molar-refractivity contribution in [1.82, 2.24) is 14.1 Å². The van der Waals surface area contributed by atoms with Crippen LogP contribution in [0.25, 0.3) is 66.2 Å². The summed E-state index contributed by atoms with van der Waals surface area (Å²) in [5.41, 5.74) is 11.4. The number of nitrogens with zero attached hydrogens (tertiary/aromatic N) is 4. The van der Waals surface area contributed by atoms with Crippen molar-refractivity contribution in [2.45, 2.75) is 66.2 Å². The number of nitriles is 1. The van der Waals surface area contributed by atoms with Gasteiger partial charge in [0, 0.05) is 33.3 Å². The van der Waals surface area contributed by atoms with Gasteiger partial charge in [-0.2, -0.15) is 5.26 Å². The minimum absolute atomic E-state index is 0.0236. The summed E-state index contributed by atoms with van der Waals surface area (Å²) in [4.78, 5) is 5.08. The summed E-state index contributed by atoms with van der Waals surface area (Å²) in [7, 11) is 0. The number of pyridine rings is 1. The van der Waals surface area contributed by atoms with Crippen molar-refractivity contribution >= 4 is 43.6 Å². The molecule has 4 nitrogen and oxygen atoms in total. The first-order valence-electron chi connectivity index (χ1n) is 17.6. The van der Waals surface area contributed by atoms with Gasteiger partial charge in [-0.25, -0.2) is 0 Å². The fraction of sp³-hybridized carbons (Fsp3) is 0.217. The molecule has 0 aliphatic heterocycles. The van der Waals surface area contributed by atoms with Crippen LogP contribution in [0.2, 0.25) is 0 Å². The van der Waals surface area contributed by atoms with Crippen LogP contribution >= 0.6 is 0 Å². The van der Waals surface area contributed by atoms with Gasteiger partial charge in [0.15, 0.2) is 0 Å². The number of fused-ring (bicyclic) bond motifs is 6. The second-order valence-electron chi connectivity index (χ2n) is 14.9. The molecule has 0 aliphatic rings. The Bertz CT molecular complexity index is 2590. The summed E-state index contributed by atoms with van der Waals surface area (Å²) in [6.07, 6.45) is 1.86. The fourth-order valence-corrected chi connectivity index (χ4v) is 7.17. The average molecular weight is 653 g/mol. The van der Waals surface area contributed by atoms with Gasteiger partial charge >= 0.3 is 0 Å². The van der Waals surface area contributed by atoms with E-state index in [1.165, 1.54) is 32.7 Å². The van der Waals surface area contributed by atoms with Crippen LogP contribution < -0.4 is 0 Å². The van der Waals surface area contributed by atoms with Crippen molar-refractivity contribution in [2.24, 2.45) is 0 Å². The van der Waals surface area contributed by atoms with E-state index in [4.69, 9.17) is 4.98 Å². The van der Waals surface area contributed by atoms with Gasteiger partial charge in [-0.05, 0) is 88.7 Å². The topological polar surface area (TPSA) is 46.5 Å². The second kappa shape index (κ2) is 12.3. The summed E-state index contributed by atoms with van der Waals surface area (Å²) in [6.45, 7) is 17.5. The lowest BCUT2D eigenvalue weighted by Gasteiger charge is -2.20. The highest BCUT2D eigenvalue weighted by Gasteiger charge is 2.23. The quantitative estimate of drug-likeness (QED) is 0.191. The summed E-state index contributed by atoms with van der Waals surface area (Å²) in [6, 6.07) is 43.4. The summed E-state index contributed by atoms with van der Waals surface area (Å²) < 4.78 is 4.68. The van der Waals surface area contributed by atoms with E-state index in [1.54, 1.807) is 0 Å². The van der Waals surface area contributed by atoms with Crippen LogP contribution in [0.4, 0.5) is 0 Å². The maximum atomic E-state index is 10.1. The first-order chi connectivity index (χ1) is 24.0. The van der Waals surface area contributed by atoms with Gasteiger partial charge in [0.2, 0.25) is 0 Å². The highest BCUT2D eigenvalue weighted by atomic mass is 15.0. The first kappa shape index (κ1) is 32.9. The molecule has 5 aromatic carbocycles. The van der Waals surface area contributed by atoms with E-state index in [0.717, 1.165) is 44.7 Å². The number of hydrogen-bond acceptors (Lipinski definition) is 2. The number of hydrogen-bond donors (Lipinski definition) is 0. The molecule has 8 aromatic rings. The molecular formula is C46H44N4. The van der Waals surface area contributed by atoms with E-state index < -0.39 is 0 Å². The smallest absolute Gasteiger partial charge is 0.0991 e. The molecule has 0 fully saturated rings. The standard InChI is InChI=1S/C44H38N4.C2H6/c1-43(2,3)29-18-21-38-33(25-29)31-12-7-9-14-36(31)47(38)40-20-17-28(27-45)24-35(40)42-41(16-11-23-46-42)48-37-15-10-8-13-32(37)34-26-30(44(4,5)6)19-22-39(34)48;1-2/h7-26H,1-6H3;1-2H3. The molecule has 3 heterocycles. The van der Waals surface area contributed by atoms with Gasteiger partial charge in [0.1, 0.15) is 0 Å². The molecule has 0 bridgehead atoms. The predicted octanol–water partition coefficient (Wildman–Crippen LogP) is 12.4. The van der Waals surface area contributed by atoms with E-state index in [-0.39, 0.29) is 10.8 Å². The number of rotatable bonds is 3. The highest BCUT2D eigenvalue weighted by molar-refractivity contribution is 6.11. The molecule has 0 N–H and O–H groups in total. The van der Waals surface area contributed by atoms with E-state index in [1.807, 2.05) is 38.2 Å². The summed E-state index contributed by atoms with van der Waals surface area (Å²) >= 11 is 0. The van der Waals surface area contributed by atoms with Crippen molar-refractivity contribution < 1.29 is 0 Å². The van der Waals surface area contributed by atoms with Crippen molar-refractivity contribution in [1.29, 1.82) is 5.26 Å². The molecule has 50 heavy (non-hydrogen) atoms. The van der Waals surface area contributed by atoms with Gasteiger partial charge in [-0.1, -0.05) is 104 Å². The minimum atomic E-state index is 0.0236. The lowest BCUT2D eigenvalue weighted by atomic mass is 9.86. The van der Waals surface area contributed by atoms with Crippen LogP contribution in [0.3, 0.4) is 0 Å². The Kier molecular flexibility index (Phi) is 8.11. The Balaban J connectivity index is 0.00000193. The predicted molar refractivity (Wildman–Crippen MR) is 212 cm³/mol. The zero-order chi connectivity index (χ0) is 35.4. The van der Waals surface area contributed by atoms with Gasteiger partial charge in [-0.3, -0.25) is 4.98 Å². The SMILES string of the molecule is CC.CC(C)(C)c1ccc2c(c1)c1ccccc1n2-c1ccc(C#N)cc1-c1ncccc1-n1c2ccccc2c2cc(C(C)(C)C)ccc21. The van der Waals surface area contributed by atoms with E-state index in [9.17, 15) is 5.26 Å². The monoisotopic (exact) mass is 652 g/mol. The molecule has 248 valence electrons. The Morgan fingerprint density at radius 2 is 1.02 bits per heavy atom. The number of benzene rings is 5. The average Bonchev–Trinajstić information content (AvgIpc) is 3.63. The van der Waals surface area contributed by atoms with E-state index in [2.05, 4.69) is 154 Å². The maximum absolute atomic E-state index is 10.1. The molecule has 0 unspecified atom stereocenters. The molecular weight excluding hydrogens is 609 g/mol. The van der Waals surface area contributed by atoms with Crippen molar-refractivity contribution in [2.75, 3.05) is 0 Å². The Hall–Kier alpha value is -5.66. The molecule has 0 spiro atoms. The zero-order valence-corrected chi connectivity index (χ0v) is 30.3. The molecule has 0 atom stereocenters. The molecule has 0 aliphatic carbocycles. The third-order valence-electron chi connectivity index (χ3n) is 9.73. The molecule has 8 rings (SSSR count). The third kappa shape index (κ3) is 5.35. The first-order valence-corrected chi connectivity index (χ1v) is 17.6. The van der Waals surface area contributed by atoms with Crippen molar-refractivity contribution in [3.05, 3.63) is 138 Å². The maximum Gasteiger partial charge on any atom is 0.0991 e. The summed E-state index contributed by atoms with van der Waals surface area (Å²) in [5.74, 6) is 0. The van der Waals surface area contributed by atoms with Gasteiger partial charge in [0.05, 0.1) is 50.8 Å². The van der Waals surface area contributed by atoms with Crippen LogP contribution in [-0.2, 0) is 10.8 Å².